The van der Waals surface area contributed by atoms with Crippen molar-refractivity contribution in [3.8, 4) is 5.75 Å². The largest absolute Gasteiger partial charge is 0.496 e. The Labute approximate surface area is 120 Å². The molecule has 0 amide bonds. The third-order valence-corrected chi connectivity index (χ3v) is 4.14. The normalized spacial score (nSPS) is 12.4. The molecular formula is C15H22ClNO2. The Morgan fingerprint density at radius 2 is 1.89 bits per heavy atom. The van der Waals surface area contributed by atoms with E-state index in [1.165, 1.54) is 0 Å². The smallest absolute Gasteiger partial charge is 0.144 e. The predicted octanol–water partition coefficient (Wildman–Crippen LogP) is 3.22. The first-order valence-electron chi connectivity index (χ1n) is 6.24. The maximum atomic E-state index is 12.5. The van der Waals surface area contributed by atoms with E-state index in [2.05, 4.69) is 0 Å². The highest BCUT2D eigenvalue weighted by Gasteiger charge is 2.39. The van der Waals surface area contributed by atoms with Crippen molar-refractivity contribution in [2.75, 3.05) is 7.11 Å². The molecule has 0 saturated carbocycles. The van der Waals surface area contributed by atoms with Crippen LogP contribution in [0.1, 0.15) is 33.3 Å². The van der Waals surface area contributed by atoms with Crippen LogP contribution >= 0.6 is 11.6 Å². The van der Waals surface area contributed by atoms with Crippen LogP contribution in [0.5, 0.6) is 5.75 Å². The van der Waals surface area contributed by atoms with Crippen molar-refractivity contribution < 1.29 is 9.53 Å². The Morgan fingerprint density at radius 3 is 2.37 bits per heavy atom. The molecule has 0 saturated heterocycles. The highest BCUT2D eigenvalue weighted by atomic mass is 35.5. The van der Waals surface area contributed by atoms with Gasteiger partial charge in [0.1, 0.15) is 11.5 Å². The molecule has 0 aliphatic carbocycles. The Hall–Kier alpha value is -1.06. The standard InChI is InChI=1S/C15H22ClNO2/c1-14(2,15(3,4)17)13(18)9-10-8-11(16)6-7-12(10)19-5/h6-8H,9,17H2,1-5H3. The lowest BCUT2D eigenvalue weighted by Gasteiger charge is -2.37. The molecule has 0 bridgehead atoms. The highest BCUT2D eigenvalue weighted by molar-refractivity contribution is 6.30. The van der Waals surface area contributed by atoms with Crippen molar-refractivity contribution in [1.29, 1.82) is 0 Å². The summed E-state index contributed by atoms with van der Waals surface area (Å²) in [5.74, 6) is 0.740. The number of methoxy groups -OCH3 is 1. The van der Waals surface area contributed by atoms with Crippen LogP contribution in [0.4, 0.5) is 0 Å². The molecule has 1 rings (SSSR count). The molecule has 0 aromatic heterocycles. The summed E-state index contributed by atoms with van der Waals surface area (Å²) in [6.07, 6.45) is 0.261. The van der Waals surface area contributed by atoms with Crippen molar-refractivity contribution in [1.82, 2.24) is 0 Å². The van der Waals surface area contributed by atoms with Crippen molar-refractivity contribution in [2.45, 2.75) is 39.7 Å². The molecular weight excluding hydrogens is 262 g/mol. The molecule has 4 heteroatoms. The second-order valence-electron chi connectivity index (χ2n) is 5.90. The summed E-state index contributed by atoms with van der Waals surface area (Å²) in [6, 6.07) is 5.27. The van der Waals surface area contributed by atoms with Gasteiger partial charge < -0.3 is 10.5 Å². The zero-order valence-electron chi connectivity index (χ0n) is 12.2. The number of carbonyl (C=O) groups is 1. The van der Waals surface area contributed by atoms with E-state index in [9.17, 15) is 4.79 Å². The Balaban J connectivity index is 3.03. The third-order valence-electron chi connectivity index (χ3n) is 3.90. The van der Waals surface area contributed by atoms with Crippen LogP contribution in [0.2, 0.25) is 5.02 Å². The van der Waals surface area contributed by atoms with Gasteiger partial charge in [0.05, 0.1) is 7.11 Å². The van der Waals surface area contributed by atoms with Gasteiger partial charge in [-0.05, 0) is 32.0 Å². The molecule has 1 aromatic rings. The van der Waals surface area contributed by atoms with E-state index in [-0.39, 0.29) is 12.2 Å². The number of Topliss-reactive ketones (excluding diaryl/α,β-unsaturated/α-hetero) is 1. The highest BCUT2D eigenvalue weighted by Crippen LogP contribution is 2.32. The molecule has 2 N–H and O–H groups in total. The summed E-state index contributed by atoms with van der Waals surface area (Å²) in [5, 5.41) is 0.591. The summed E-state index contributed by atoms with van der Waals surface area (Å²) in [5.41, 5.74) is 5.67. The number of hydrogen-bond donors (Lipinski definition) is 1. The fraction of sp³-hybridized carbons (Fsp3) is 0.533. The molecule has 106 valence electrons. The van der Waals surface area contributed by atoms with Gasteiger partial charge in [0.2, 0.25) is 0 Å². The van der Waals surface area contributed by atoms with Gasteiger partial charge in [-0.15, -0.1) is 0 Å². The van der Waals surface area contributed by atoms with E-state index in [0.717, 1.165) is 5.56 Å². The topological polar surface area (TPSA) is 52.3 Å². The monoisotopic (exact) mass is 283 g/mol. The fourth-order valence-electron chi connectivity index (χ4n) is 1.64. The van der Waals surface area contributed by atoms with Gasteiger partial charge in [-0.1, -0.05) is 25.4 Å². The number of benzene rings is 1. The molecule has 19 heavy (non-hydrogen) atoms. The van der Waals surface area contributed by atoms with Gasteiger partial charge in [-0.2, -0.15) is 0 Å². The zero-order valence-corrected chi connectivity index (χ0v) is 13.0. The third kappa shape index (κ3) is 3.48. The minimum atomic E-state index is -0.625. The van der Waals surface area contributed by atoms with Crippen LogP contribution in [0, 0.1) is 5.41 Å². The van der Waals surface area contributed by atoms with Crippen LogP contribution in [-0.2, 0) is 11.2 Å². The molecule has 0 radical (unpaired) electrons. The molecule has 0 unspecified atom stereocenters. The van der Waals surface area contributed by atoms with Gasteiger partial charge in [0, 0.05) is 28.0 Å². The average molecular weight is 284 g/mol. The molecule has 0 spiro atoms. The van der Waals surface area contributed by atoms with Gasteiger partial charge in [0.25, 0.3) is 0 Å². The summed E-state index contributed by atoms with van der Waals surface area (Å²) < 4.78 is 5.26. The van der Waals surface area contributed by atoms with E-state index < -0.39 is 11.0 Å². The number of halogens is 1. The molecule has 0 atom stereocenters. The van der Waals surface area contributed by atoms with E-state index in [0.29, 0.717) is 10.8 Å². The number of ketones is 1. The number of nitrogens with two attached hydrogens (primary N) is 1. The van der Waals surface area contributed by atoms with E-state index in [4.69, 9.17) is 22.1 Å². The van der Waals surface area contributed by atoms with Gasteiger partial charge in [-0.3, -0.25) is 4.79 Å². The van der Waals surface area contributed by atoms with Gasteiger partial charge in [-0.25, -0.2) is 0 Å². The minimum absolute atomic E-state index is 0.0700. The Kier molecular flexibility index (Phi) is 4.64. The van der Waals surface area contributed by atoms with Crippen molar-refractivity contribution >= 4 is 17.4 Å². The van der Waals surface area contributed by atoms with Crippen LogP contribution in [-0.4, -0.2) is 18.4 Å². The van der Waals surface area contributed by atoms with Crippen LogP contribution in [0.3, 0.4) is 0 Å². The maximum Gasteiger partial charge on any atom is 0.144 e. The lowest BCUT2D eigenvalue weighted by molar-refractivity contribution is -0.129. The Morgan fingerprint density at radius 1 is 1.32 bits per heavy atom. The van der Waals surface area contributed by atoms with Crippen molar-refractivity contribution in [2.24, 2.45) is 11.1 Å². The average Bonchev–Trinajstić information content (AvgIpc) is 2.27. The molecule has 1 aromatic carbocycles. The fourth-order valence-corrected chi connectivity index (χ4v) is 1.83. The first-order chi connectivity index (χ1) is 8.59. The number of carbonyl (C=O) groups excluding carboxylic acids is 1. The minimum Gasteiger partial charge on any atom is -0.496 e. The van der Waals surface area contributed by atoms with Crippen LogP contribution in [0.25, 0.3) is 0 Å². The first-order valence-corrected chi connectivity index (χ1v) is 6.62. The van der Waals surface area contributed by atoms with E-state index in [1.807, 2.05) is 27.7 Å². The number of rotatable bonds is 5. The first kappa shape index (κ1) is 16.0. The number of ether oxygens (including phenoxy) is 1. The predicted molar refractivity (Wildman–Crippen MR) is 78.8 cm³/mol. The summed E-state index contributed by atoms with van der Waals surface area (Å²) in [4.78, 5) is 12.5. The van der Waals surface area contributed by atoms with Crippen LogP contribution in [0.15, 0.2) is 18.2 Å². The SMILES string of the molecule is COc1ccc(Cl)cc1CC(=O)C(C)(C)C(C)(C)N. The summed E-state index contributed by atoms with van der Waals surface area (Å²) in [6.45, 7) is 7.46. The molecule has 0 fully saturated rings. The van der Waals surface area contributed by atoms with Crippen LogP contribution < -0.4 is 10.5 Å². The molecule has 0 aliphatic heterocycles. The molecule has 0 heterocycles. The van der Waals surface area contributed by atoms with Gasteiger partial charge >= 0.3 is 0 Å². The summed E-state index contributed by atoms with van der Waals surface area (Å²) >= 11 is 5.97. The van der Waals surface area contributed by atoms with E-state index >= 15 is 0 Å². The Bertz CT molecular complexity index is 476. The lowest BCUT2D eigenvalue weighted by atomic mass is 9.70. The summed E-state index contributed by atoms with van der Waals surface area (Å²) in [7, 11) is 1.58. The van der Waals surface area contributed by atoms with Crippen molar-refractivity contribution in [3.63, 3.8) is 0 Å². The molecule has 0 aliphatic rings. The number of hydrogen-bond acceptors (Lipinski definition) is 3. The molecule has 3 nitrogen and oxygen atoms in total. The van der Waals surface area contributed by atoms with Gasteiger partial charge in [0.15, 0.2) is 0 Å². The lowest BCUT2D eigenvalue weighted by Crippen LogP contribution is -2.52. The second kappa shape index (κ2) is 5.51. The quantitative estimate of drug-likeness (QED) is 0.903. The van der Waals surface area contributed by atoms with E-state index in [1.54, 1.807) is 25.3 Å². The maximum absolute atomic E-state index is 12.5. The second-order valence-corrected chi connectivity index (χ2v) is 6.34. The van der Waals surface area contributed by atoms with Crippen molar-refractivity contribution in [3.05, 3.63) is 28.8 Å². The zero-order chi connectivity index (χ0) is 14.8.